The molecule has 0 aromatic carbocycles. The Morgan fingerprint density at radius 1 is 1.37 bits per heavy atom. The van der Waals surface area contributed by atoms with Crippen molar-refractivity contribution < 1.29 is 5.11 Å². The molecule has 1 aliphatic heterocycles. The number of hydrogen-bond acceptors (Lipinski definition) is 4. The summed E-state index contributed by atoms with van der Waals surface area (Å²) < 4.78 is 0. The Hall–Kier alpha value is -0.870. The molecule has 0 saturated heterocycles. The first-order chi connectivity index (χ1) is 9.01. The smallest absolute Gasteiger partial charge is 0.155 e. The van der Waals surface area contributed by atoms with Crippen molar-refractivity contribution in [3.63, 3.8) is 0 Å². The highest BCUT2D eigenvalue weighted by Gasteiger charge is 2.60. The zero-order chi connectivity index (χ0) is 13.3. The Bertz CT molecular complexity index is 541. The first-order valence-electron chi connectivity index (χ1n) is 7.05. The Morgan fingerprint density at radius 2 is 2.16 bits per heavy atom. The number of nitrogens with zero attached hydrogens (tertiary/aromatic N) is 3. The molecule has 0 spiro atoms. The van der Waals surface area contributed by atoms with Crippen molar-refractivity contribution in [1.82, 2.24) is 10.2 Å². The van der Waals surface area contributed by atoms with Crippen LogP contribution in [0.3, 0.4) is 0 Å². The lowest BCUT2D eigenvalue weighted by atomic mass is 9.55. The molecule has 1 N–H and O–H groups in total. The van der Waals surface area contributed by atoms with Gasteiger partial charge < -0.3 is 10.0 Å². The third-order valence-electron chi connectivity index (χ3n) is 5.19. The molecule has 0 amide bonds. The minimum atomic E-state index is -0.413. The molecule has 19 heavy (non-hydrogen) atoms. The van der Waals surface area contributed by atoms with Gasteiger partial charge in [0, 0.05) is 23.6 Å². The second-order valence-electron chi connectivity index (χ2n) is 6.61. The number of fused-ring (bicyclic) bond motifs is 3. The molecule has 5 rings (SSSR count). The van der Waals surface area contributed by atoms with E-state index in [1.54, 1.807) is 0 Å². The van der Waals surface area contributed by atoms with Gasteiger partial charge in [-0.1, -0.05) is 18.5 Å². The van der Waals surface area contributed by atoms with Crippen LogP contribution in [0.1, 0.15) is 50.5 Å². The summed E-state index contributed by atoms with van der Waals surface area (Å²) in [5.41, 5.74) is 0.912. The standard InChI is InChI=1S/C14H18ClN3O/c1-9-6-18(12-10(9)5-11(15)16-17-12)13-3-2-4-14(19,7-13)8-13/h5,9,19H,2-4,6-8H2,1H3. The normalized spacial score (nSPS) is 39.9. The zero-order valence-corrected chi connectivity index (χ0v) is 11.8. The van der Waals surface area contributed by atoms with Gasteiger partial charge in [0.15, 0.2) is 11.0 Å². The Morgan fingerprint density at radius 3 is 2.89 bits per heavy atom. The molecule has 102 valence electrons. The third kappa shape index (κ3) is 1.56. The number of anilines is 1. The van der Waals surface area contributed by atoms with Gasteiger partial charge in [-0.05, 0) is 38.2 Å². The minimum absolute atomic E-state index is 0.120. The maximum atomic E-state index is 10.3. The highest BCUT2D eigenvalue weighted by atomic mass is 35.5. The Balaban J connectivity index is 1.72. The molecular weight excluding hydrogens is 262 g/mol. The lowest BCUT2D eigenvalue weighted by Crippen LogP contribution is -2.68. The van der Waals surface area contributed by atoms with Gasteiger partial charge in [0.25, 0.3) is 0 Å². The summed E-state index contributed by atoms with van der Waals surface area (Å²) in [7, 11) is 0. The summed E-state index contributed by atoms with van der Waals surface area (Å²) >= 11 is 5.96. The van der Waals surface area contributed by atoms with Crippen LogP contribution in [-0.2, 0) is 0 Å². The van der Waals surface area contributed by atoms with Gasteiger partial charge in [0.05, 0.1) is 5.60 Å². The summed E-state index contributed by atoms with van der Waals surface area (Å²) in [6.07, 6.45) is 4.99. The summed E-state index contributed by atoms with van der Waals surface area (Å²) in [5, 5.41) is 19.1. The molecular formula is C14H18ClN3O. The molecule has 3 saturated carbocycles. The van der Waals surface area contributed by atoms with Crippen molar-refractivity contribution in [1.29, 1.82) is 0 Å². The number of halogens is 1. The predicted octanol–water partition coefficient (Wildman–Crippen LogP) is 2.50. The highest BCUT2D eigenvalue weighted by Crippen LogP contribution is 2.57. The second-order valence-corrected chi connectivity index (χ2v) is 7.00. The van der Waals surface area contributed by atoms with Crippen molar-refractivity contribution in [2.45, 2.75) is 56.1 Å². The van der Waals surface area contributed by atoms with Crippen LogP contribution in [0.25, 0.3) is 0 Å². The van der Waals surface area contributed by atoms with Crippen LogP contribution in [0.2, 0.25) is 5.15 Å². The van der Waals surface area contributed by atoms with Gasteiger partial charge in [-0.25, -0.2) is 0 Å². The largest absolute Gasteiger partial charge is 0.390 e. The number of aliphatic hydroxyl groups is 1. The van der Waals surface area contributed by atoms with Crippen molar-refractivity contribution in [2.75, 3.05) is 11.4 Å². The highest BCUT2D eigenvalue weighted by molar-refractivity contribution is 6.29. The average Bonchev–Trinajstić information content (AvgIpc) is 2.66. The second kappa shape index (κ2) is 3.61. The molecule has 0 radical (unpaired) electrons. The molecule has 1 aromatic rings. The number of rotatable bonds is 1. The van der Waals surface area contributed by atoms with Gasteiger partial charge in [0.1, 0.15) is 0 Å². The molecule has 1 aromatic heterocycles. The van der Waals surface area contributed by atoms with E-state index in [-0.39, 0.29) is 5.54 Å². The van der Waals surface area contributed by atoms with Crippen LogP contribution in [-0.4, -0.2) is 33.0 Å². The van der Waals surface area contributed by atoms with Crippen molar-refractivity contribution >= 4 is 17.4 Å². The lowest BCUT2D eigenvalue weighted by Gasteiger charge is -2.62. The van der Waals surface area contributed by atoms with E-state index in [4.69, 9.17) is 11.6 Å². The van der Waals surface area contributed by atoms with Crippen molar-refractivity contribution in [3.8, 4) is 0 Å². The molecule has 4 nitrogen and oxygen atoms in total. The van der Waals surface area contributed by atoms with Gasteiger partial charge in [-0.15, -0.1) is 10.2 Å². The van der Waals surface area contributed by atoms with E-state index < -0.39 is 5.60 Å². The Kier molecular flexibility index (Phi) is 2.26. The third-order valence-corrected chi connectivity index (χ3v) is 5.37. The van der Waals surface area contributed by atoms with Gasteiger partial charge in [-0.2, -0.15) is 0 Å². The van der Waals surface area contributed by atoms with Crippen LogP contribution in [0.4, 0.5) is 5.82 Å². The first-order valence-corrected chi connectivity index (χ1v) is 7.42. The maximum Gasteiger partial charge on any atom is 0.155 e. The fourth-order valence-electron chi connectivity index (χ4n) is 4.42. The Labute approximate surface area is 117 Å². The topological polar surface area (TPSA) is 49.2 Å². The van der Waals surface area contributed by atoms with Crippen LogP contribution in [0.5, 0.6) is 0 Å². The average molecular weight is 280 g/mol. The summed E-state index contributed by atoms with van der Waals surface area (Å²) in [6, 6.07) is 1.94. The predicted molar refractivity (Wildman–Crippen MR) is 73.6 cm³/mol. The van der Waals surface area contributed by atoms with Crippen LogP contribution < -0.4 is 4.90 Å². The van der Waals surface area contributed by atoms with Gasteiger partial charge in [0.2, 0.25) is 0 Å². The maximum absolute atomic E-state index is 10.3. The summed E-state index contributed by atoms with van der Waals surface area (Å²) in [6.45, 7) is 3.18. The number of aromatic nitrogens is 2. The van der Waals surface area contributed by atoms with Gasteiger partial charge >= 0.3 is 0 Å². The van der Waals surface area contributed by atoms with Crippen LogP contribution >= 0.6 is 11.6 Å². The molecule has 3 fully saturated rings. The van der Waals surface area contributed by atoms with E-state index >= 15 is 0 Å². The van der Waals surface area contributed by atoms with Crippen LogP contribution in [0, 0.1) is 0 Å². The van der Waals surface area contributed by atoms with Crippen molar-refractivity contribution in [2.24, 2.45) is 0 Å². The SMILES string of the molecule is CC1CN(C23CCCC(O)(C2)C3)c2nnc(Cl)cc21. The monoisotopic (exact) mass is 279 g/mol. The fourth-order valence-corrected chi connectivity index (χ4v) is 4.58. The van der Waals surface area contributed by atoms with Crippen molar-refractivity contribution in [3.05, 3.63) is 16.8 Å². The van der Waals surface area contributed by atoms with Gasteiger partial charge in [-0.3, -0.25) is 0 Å². The van der Waals surface area contributed by atoms with Crippen LogP contribution in [0.15, 0.2) is 6.07 Å². The van der Waals surface area contributed by atoms with E-state index in [1.165, 1.54) is 5.56 Å². The van der Waals surface area contributed by atoms with E-state index in [9.17, 15) is 5.11 Å². The molecule has 4 aliphatic rings. The molecule has 1 atom stereocenters. The number of hydrogen-bond donors (Lipinski definition) is 1. The van der Waals surface area contributed by atoms with E-state index in [0.717, 1.165) is 44.5 Å². The van der Waals surface area contributed by atoms with E-state index in [2.05, 4.69) is 22.0 Å². The molecule has 1 unspecified atom stereocenters. The quantitative estimate of drug-likeness (QED) is 0.858. The molecule has 3 aliphatic carbocycles. The molecule has 5 heteroatoms. The summed E-state index contributed by atoms with van der Waals surface area (Å²) in [4.78, 5) is 2.39. The zero-order valence-electron chi connectivity index (χ0n) is 11.1. The molecule has 2 heterocycles. The molecule has 2 bridgehead atoms. The van der Waals surface area contributed by atoms with E-state index in [1.807, 2.05) is 6.07 Å². The fraction of sp³-hybridized carbons (Fsp3) is 0.714. The first kappa shape index (κ1) is 11.9. The lowest BCUT2D eigenvalue weighted by molar-refractivity contribution is -0.124. The summed E-state index contributed by atoms with van der Waals surface area (Å²) in [5.74, 6) is 1.42. The minimum Gasteiger partial charge on any atom is -0.390 e. The van der Waals surface area contributed by atoms with E-state index in [0.29, 0.717) is 11.1 Å².